The topological polar surface area (TPSA) is 141 Å². The standard InChI is InChI=1S/C31H42O8/c1-19(10-8-12-26(34)35)9-7-11-21(3)28(36)22(4)29(37)39-24-18-20(2)17-23-13-15-30(5,38)31(6,27(23)24)25(33)14-16-32/h7-13,15,17,20,22,24,27-28,32,36,38H,14,16,18H2,1-6H3,(H,34,35)/b9-7+,12-8+,19-10+,21-11+/t20-,22-,24-,27+,28+,30+,31+/m0/s1. The number of aliphatic hydroxyl groups is 3. The van der Waals surface area contributed by atoms with E-state index >= 15 is 0 Å². The van der Waals surface area contributed by atoms with Crippen LogP contribution in [0.1, 0.15) is 54.4 Å². The van der Waals surface area contributed by atoms with Gasteiger partial charge in [0.05, 0.1) is 23.0 Å². The Morgan fingerprint density at radius 1 is 1.15 bits per heavy atom. The molecule has 2 aliphatic rings. The van der Waals surface area contributed by atoms with Gasteiger partial charge >= 0.3 is 11.9 Å². The maximum absolute atomic E-state index is 13.3. The number of carbonyl (C=O) groups is 3. The van der Waals surface area contributed by atoms with Crippen LogP contribution in [0, 0.1) is 23.2 Å². The van der Waals surface area contributed by atoms with Gasteiger partial charge < -0.3 is 25.2 Å². The minimum Gasteiger partial charge on any atom is -0.478 e. The maximum Gasteiger partial charge on any atom is 0.328 e. The Labute approximate surface area is 230 Å². The van der Waals surface area contributed by atoms with Crippen molar-refractivity contribution in [3.05, 3.63) is 71.4 Å². The molecule has 0 amide bonds. The second kappa shape index (κ2) is 13.3. The molecule has 4 N–H and O–H groups in total. The van der Waals surface area contributed by atoms with E-state index in [0.29, 0.717) is 12.0 Å². The highest BCUT2D eigenvalue weighted by atomic mass is 16.5. The third kappa shape index (κ3) is 7.53. The Kier molecular flexibility index (Phi) is 11.0. The summed E-state index contributed by atoms with van der Waals surface area (Å²) in [4.78, 5) is 37.1. The van der Waals surface area contributed by atoms with Gasteiger partial charge in [0.25, 0.3) is 0 Å². The molecule has 39 heavy (non-hydrogen) atoms. The fourth-order valence-electron chi connectivity index (χ4n) is 5.33. The van der Waals surface area contributed by atoms with Gasteiger partial charge in [-0.2, -0.15) is 0 Å². The van der Waals surface area contributed by atoms with Crippen molar-refractivity contribution in [3.8, 4) is 0 Å². The van der Waals surface area contributed by atoms with E-state index in [1.807, 2.05) is 13.0 Å². The average Bonchev–Trinajstić information content (AvgIpc) is 2.85. The first-order valence-electron chi connectivity index (χ1n) is 13.2. The second-order valence-electron chi connectivity index (χ2n) is 11.0. The molecule has 0 unspecified atom stereocenters. The molecule has 0 spiro atoms. The van der Waals surface area contributed by atoms with E-state index in [9.17, 15) is 29.7 Å². The molecule has 2 rings (SSSR count). The zero-order valence-corrected chi connectivity index (χ0v) is 23.6. The lowest BCUT2D eigenvalue weighted by Crippen LogP contribution is -2.59. The predicted molar refractivity (Wildman–Crippen MR) is 148 cm³/mol. The molecule has 0 radical (unpaired) electrons. The highest BCUT2D eigenvalue weighted by Crippen LogP contribution is 2.53. The van der Waals surface area contributed by atoms with E-state index in [2.05, 4.69) is 0 Å². The molecule has 0 aromatic heterocycles. The SMILES string of the molecule is CC(/C=C/C=C(\C)[C@@H](O)[C@H](C)C(=O)O[C@H]1C[C@@H](C)C=C2C=C[C@@](C)(O)[C@](C)(C(=O)CCO)[C@H]21)=C\C=C\C(=O)O. The highest BCUT2D eigenvalue weighted by Gasteiger charge is 2.59. The van der Waals surface area contributed by atoms with Crippen LogP contribution < -0.4 is 0 Å². The zero-order chi connectivity index (χ0) is 29.5. The maximum atomic E-state index is 13.3. The molecule has 7 atom stereocenters. The molecule has 0 fully saturated rings. The number of carboxylic acids is 1. The van der Waals surface area contributed by atoms with E-state index in [-0.39, 0.29) is 24.7 Å². The van der Waals surface area contributed by atoms with E-state index in [1.54, 1.807) is 71.1 Å². The third-order valence-corrected chi connectivity index (χ3v) is 7.90. The Balaban J connectivity index is 2.24. The zero-order valence-electron chi connectivity index (χ0n) is 23.6. The van der Waals surface area contributed by atoms with Crippen LogP contribution in [0.15, 0.2) is 71.4 Å². The first-order valence-corrected chi connectivity index (χ1v) is 13.2. The van der Waals surface area contributed by atoms with Crippen LogP contribution in [0.25, 0.3) is 0 Å². The summed E-state index contributed by atoms with van der Waals surface area (Å²) in [5.41, 5.74) is -0.699. The van der Waals surface area contributed by atoms with Crippen molar-refractivity contribution in [1.82, 2.24) is 0 Å². The van der Waals surface area contributed by atoms with Gasteiger partial charge in [-0.1, -0.05) is 61.1 Å². The number of carboxylic acid groups (broad SMARTS) is 1. The molecule has 8 heteroatoms. The number of rotatable bonds is 11. The number of aliphatic carboxylic acids is 1. The molecule has 0 saturated carbocycles. The monoisotopic (exact) mass is 542 g/mol. The number of carbonyl (C=O) groups excluding carboxylic acids is 2. The summed E-state index contributed by atoms with van der Waals surface area (Å²) < 4.78 is 5.98. The van der Waals surface area contributed by atoms with Gasteiger partial charge in [0.15, 0.2) is 0 Å². The fourth-order valence-corrected chi connectivity index (χ4v) is 5.33. The first kappa shape index (κ1) is 32.1. The van der Waals surface area contributed by atoms with E-state index in [1.165, 1.54) is 6.08 Å². The Morgan fingerprint density at radius 2 is 1.79 bits per heavy atom. The molecular weight excluding hydrogens is 500 g/mol. The van der Waals surface area contributed by atoms with E-state index < -0.39 is 47.0 Å². The lowest BCUT2D eigenvalue weighted by Gasteiger charge is -2.52. The normalized spacial score (nSPS) is 31.1. The minimum atomic E-state index is -1.51. The quantitative estimate of drug-likeness (QED) is 0.175. The van der Waals surface area contributed by atoms with Crippen LogP contribution in [-0.4, -0.2) is 62.6 Å². The number of hydrogen-bond acceptors (Lipinski definition) is 7. The summed E-state index contributed by atoms with van der Waals surface area (Å²) in [7, 11) is 0. The van der Waals surface area contributed by atoms with Gasteiger partial charge in [-0.25, -0.2) is 4.79 Å². The minimum absolute atomic E-state index is 0.0626. The van der Waals surface area contributed by atoms with Crippen LogP contribution in [0.4, 0.5) is 0 Å². The molecule has 8 nitrogen and oxygen atoms in total. The van der Waals surface area contributed by atoms with Crippen LogP contribution in [0.5, 0.6) is 0 Å². The van der Waals surface area contributed by atoms with Crippen LogP contribution in [0.3, 0.4) is 0 Å². The Hall–Kier alpha value is -3.07. The average molecular weight is 543 g/mol. The number of aliphatic hydroxyl groups excluding tert-OH is 2. The van der Waals surface area contributed by atoms with Crippen LogP contribution >= 0.6 is 0 Å². The molecule has 214 valence electrons. The lowest BCUT2D eigenvalue weighted by atomic mass is 9.54. The van der Waals surface area contributed by atoms with Crippen LogP contribution in [0.2, 0.25) is 0 Å². The summed E-state index contributed by atoms with van der Waals surface area (Å²) in [5.74, 6) is -3.40. The summed E-state index contributed by atoms with van der Waals surface area (Å²) in [6.45, 7) is 9.93. The van der Waals surface area contributed by atoms with E-state index in [4.69, 9.17) is 9.84 Å². The number of esters is 1. The largest absolute Gasteiger partial charge is 0.478 e. The number of fused-ring (bicyclic) bond motifs is 1. The summed E-state index contributed by atoms with van der Waals surface area (Å²) in [6.07, 6.45) is 13.1. The van der Waals surface area contributed by atoms with Crippen LogP contribution in [-0.2, 0) is 19.1 Å². The smallest absolute Gasteiger partial charge is 0.328 e. The molecule has 0 aliphatic heterocycles. The van der Waals surface area contributed by atoms with Gasteiger partial charge in [0, 0.05) is 25.0 Å². The number of hydrogen-bond donors (Lipinski definition) is 4. The van der Waals surface area contributed by atoms with Crippen molar-refractivity contribution in [2.75, 3.05) is 6.61 Å². The molecule has 0 aromatic rings. The number of allylic oxidation sites excluding steroid dienone is 8. The van der Waals surface area contributed by atoms with Gasteiger partial charge in [-0.15, -0.1) is 0 Å². The van der Waals surface area contributed by atoms with E-state index in [0.717, 1.165) is 17.2 Å². The number of Topliss-reactive ketones (excluding diaryl/α,β-unsaturated/α-hetero) is 1. The first-order chi connectivity index (χ1) is 18.1. The number of ketones is 1. The van der Waals surface area contributed by atoms with Crippen molar-refractivity contribution in [1.29, 1.82) is 0 Å². The lowest BCUT2D eigenvalue weighted by molar-refractivity contribution is -0.172. The Morgan fingerprint density at radius 3 is 2.41 bits per heavy atom. The summed E-state index contributed by atoms with van der Waals surface area (Å²) >= 11 is 0. The highest BCUT2D eigenvalue weighted by molar-refractivity contribution is 5.88. The van der Waals surface area contributed by atoms with Gasteiger partial charge in [0.1, 0.15) is 11.9 Å². The van der Waals surface area contributed by atoms with Gasteiger partial charge in [-0.05, 0) is 58.1 Å². The summed E-state index contributed by atoms with van der Waals surface area (Å²) in [6, 6.07) is 0. The molecule has 0 aromatic carbocycles. The van der Waals surface area contributed by atoms with Crippen molar-refractivity contribution in [3.63, 3.8) is 0 Å². The van der Waals surface area contributed by atoms with Crippen molar-refractivity contribution >= 4 is 17.7 Å². The second-order valence-corrected chi connectivity index (χ2v) is 11.0. The van der Waals surface area contributed by atoms with Crippen molar-refractivity contribution in [2.45, 2.75) is 72.2 Å². The molecule has 0 saturated heterocycles. The van der Waals surface area contributed by atoms with Crippen molar-refractivity contribution < 1.29 is 39.5 Å². The predicted octanol–water partition coefficient (Wildman–Crippen LogP) is 3.85. The van der Waals surface area contributed by atoms with Gasteiger partial charge in [0.2, 0.25) is 0 Å². The molecule has 2 aliphatic carbocycles. The fraction of sp³-hybridized carbons (Fsp3) is 0.516. The summed E-state index contributed by atoms with van der Waals surface area (Å²) in [5, 5.41) is 40.2. The number of ether oxygens (including phenoxy) is 1. The molecule has 0 heterocycles. The molecule has 0 bridgehead atoms. The molecular formula is C31H42O8. The van der Waals surface area contributed by atoms with Crippen molar-refractivity contribution in [2.24, 2.45) is 23.2 Å². The van der Waals surface area contributed by atoms with Gasteiger partial charge in [-0.3, -0.25) is 9.59 Å². The third-order valence-electron chi connectivity index (χ3n) is 7.90. The Bertz CT molecular complexity index is 1120.